The second-order valence-corrected chi connectivity index (χ2v) is 5.61. The lowest BCUT2D eigenvalue weighted by molar-refractivity contribution is 0.697. The van der Waals surface area contributed by atoms with Gasteiger partial charge < -0.3 is 11.1 Å². The normalized spacial score (nSPS) is 10.7. The predicted molar refractivity (Wildman–Crippen MR) is 75.9 cm³/mol. The number of thiazole rings is 1. The first-order valence-corrected chi connectivity index (χ1v) is 6.97. The Morgan fingerprint density at radius 1 is 1.41 bits per heavy atom. The van der Waals surface area contributed by atoms with E-state index in [0.717, 1.165) is 28.9 Å². The van der Waals surface area contributed by atoms with E-state index in [0.29, 0.717) is 0 Å². The summed E-state index contributed by atoms with van der Waals surface area (Å²) in [5.74, 6) is 0. The number of nitrogen functional groups attached to an aromatic ring is 1. The molecule has 0 aliphatic rings. The average Bonchev–Trinajstić information content (AvgIpc) is 2.70. The minimum absolute atomic E-state index is 0.776. The highest BCUT2D eigenvalue weighted by atomic mass is 79.9. The molecule has 0 radical (unpaired) electrons. The third-order valence-electron chi connectivity index (χ3n) is 2.52. The van der Waals surface area contributed by atoms with Crippen molar-refractivity contribution in [1.29, 1.82) is 0 Å². The van der Waals surface area contributed by atoms with Crippen LogP contribution in [0.1, 0.15) is 16.1 Å². The van der Waals surface area contributed by atoms with Crippen molar-refractivity contribution in [3.8, 4) is 0 Å². The van der Waals surface area contributed by atoms with Crippen molar-refractivity contribution in [3.05, 3.63) is 44.3 Å². The summed E-state index contributed by atoms with van der Waals surface area (Å²) in [6.45, 7) is 3.70. The first-order chi connectivity index (χ1) is 8.16. The van der Waals surface area contributed by atoms with Crippen LogP contribution in [0.5, 0.6) is 0 Å². The lowest BCUT2D eigenvalue weighted by atomic mass is 10.2. The summed E-state index contributed by atoms with van der Waals surface area (Å²) in [7, 11) is 0. The van der Waals surface area contributed by atoms with E-state index in [2.05, 4.69) is 32.3 Å². The molecule has 0 saturated heterocycles. The number of hydrogen-bond acceptors (Lipinski definition) is 4. The van der Waals surface area contributed by atoms with E-state index in [-0.39, 0.29) is 0 Å². The van der Waals surface area contributed by atoms with Gasteiger partial charge in [0.05, 0.1) is 11.2 Å². The van der Waals surface area contributed by atoms with E-state index in [1.165, 1.54) is 10.4 Å². The monoisotopic (exact) mass is 311 g/mol. The van der Waals surface area contributed by atoms with Crippen molar-refractivity contribution in [2.75, 3.05) is 5.73 Å². The zero-order valence-corrected chi connectivity index (χ0v) is 11.9. The van der Waals surface area contributed by atoms with Crippen molar-refractivity contribution >= 4 is 33.0 Å². The Hall–Kier alpha value is -0.910. The van der Waals surface area contributed by atoms with Crippen LogP contribution in [0.25, 0.3) is 0 Å². The Kier molecular flexibility index (Phi) is 4.15. The lowest BCUT2D eigenvalue weighted by Gasteiger charge is -2.06. The zero-order chi connectivity index (χ0) is 12.3. The maximum atomic E-state index is 5.83. The quantitative estimate of drug-likeness (QED) is 0.853. The first-order valence-electron chi connectivity index (χ1n) is 5.30. The molecule has 0 atom stereocenters. The third-order valence-corrected chi connectivity index (χ3v) is 4.18. The molecule has 90 valence electrons. The Morgan fingerprint density at radius 3 is 2.88 bits per heavy atom. The molecule has 1 heterocycles. The van der Waals surface area contributed by atoms with Gasteiger partial charge in [0.2, 0.25) is 0 Å². The van der Waals surface area contributed by atoms with Crippen LogP contribution in [0, 0.1) is 6.92 Å². The number of anilines is 1. The van der Waals surface area contributed by atoms with Crippen molar-refractivity contribution in [2.45, 2.75) is 20.0 Å². The van der Waals surface area contributed by atoms with Crippen molar-refractivity contribution in [1.82, 2.24) is 10.3 Å². The molecule has 1 aromatic heterocycles. The first kappa shape index (κ1) is 12.5. The van der Waals surface area contributed by atoms with Crippen LogP contribution >= 0.6 is 27.3 Å². The highest BCUT2D eigenvalue weighted by Crippen LogP contribution is 2.20. The minimum atomic E-state index is 0.776. The van der Waals surface area contributed by atoms with Gasteiger partial charge in [0.1, 0.15) is 0 Å². The van der Waals surface area contributed by atoms with Gasteiger partial charge in [-0.1, -0.05) is 6.07 Å². The summed E-state index contributed by atoms with van der Waals surface area (Å²) in [4.78, 5) is 5.51. The molecule has 3 nitrogen and oxygen atoms in total. The Labute approximate surface area is 113 Å². The van der Waals surface area contributed by atoms with Crippen LogP contribution in [-0.4, -0.2) is 4.98 Å². The largest absolute Gasteiger partial charge is 0.398 e. The molecule has 0 aliphatic heterocycles. The number of nitrogens with zero attached hydrogens (tertiary/aromatic N) is 1. The zero-order valence-electron chi connectivity index (χ0n) is 9.53. The van der Waals surface area contributed by atoms with Crippen molar-refractivity contribution in [2.24, 2.45) is 0 Å². The van der Waals surface area contributed by atoms with E-state index >= 15 is 0 Å². The highest BCUT2D eigenvalue weighted by Gasteiger charge is 2.01. The summed E-state index contributed by atoms with van der Waals surface area (Å²) in [6.07, 6.45) is 0. The number of halogens is 1. The molecule has 3 N–H and O–H groups in total. The Morgan fingerprint density at radius 2 is 2.24 bits per heavy atom. The van der Waals surface area contributed by atoms with Gasteiger partial charge in [0.25, 0.3) is 0 Å². The number of aryl methyl sites for hydroxylation is 1. The molecular formula is C12H14BrN3S. The van der Waals surface area contributed by atoms with Gasteiger partial charge in [-0.25, -0.2) is 4.98 Å². The highest BCUT2D eigenvalue weighted by molar-refractivity contribution is 9.10. The smallest absolute Gasteiger partial charge is 0.0798 e. The Balaban J connectivity index is 1.90. The molecule has 1 aromatic carbocycles. The number of aromatic nitrogens is 1. The molecule has 0 amide bonds. The van der Waals surface area contributed by atoms with E-state index in [1.54, 1.807) is 11.3 Å². The summed E-state index contributed by atoms with van der Waals surface area (Å²) in [5.41, 5.74) is 10.8. The molecule has 2 rings (SSSR count). The van der Waals surface area contributed by atoms with Gasteiger partial charge in [-0.15, -0.1) is 11.3 Å². The molecular weight excluding hydrogens is 298 g/mol. The average molecular weight is 312 g/mol. The predicted octanol–water partition coefficient (Wildman–Crippen LogP) is 3.09. The van der Waals surface area contributed by atoms with E-state index in [9.17, 15) is 0 Å². The van der Waals surface area contributed by atoms with Crippen LogP contribution in [0.4, 0.5) is 5.69 Å². The number of nitrogens with two attached hydrogens (primary N) is 1. The lowest BCUT2D eigenvalue weighted by Crippen LogP contribution is -2.12. The molecule has 17 heavy (non-hydrogen) atoms. The van der Waals surface area contributed by atoms with E-state index in [1.807, 2.05) is 24.6 Å². The van der Waals surface area contributed by atoms with Gasteiger partial charge >= 0.3 is 0 Å². The summed E-state index contributed by atoms with van der Waals surface area (Å²) in [5, 5.41) is 3.39. The molecule has 2 aromatic rings. The molecule has 0 saturated carbocycles. The van der Waals surface area contributed by atoms with Gasteiger partial charge in [-0.2, -0.15) is 0 Å². The maximum absolute atomic E-state index is 5.83. The number of benzene rings is 1. The van der Waals surface area contributed by atoms with Crippen LogP contribution < -0.4 is 11.1 Å². The van der Waals surface area contributed by atoms with E-state index in [4.69, 9.17) is 5.73 Å². The standard InChI is InChI=1S/C12H14BrN3S/c1-8-12(17-7-16-8)6-15-5-9-2-3-10(13)11(14)4-9/h2-4,7,15H,5-6,14H2,1H3. The fourth-order valence-corrected chi connectivity index (χ4v) is 2.51. The fraction of sp³-hybridized carbons (Fsp3) is 0.250. The van der Waals surface area contributed by atoms with Gasteiger partial charge in [0.15, 0.2) is 0 Å². The minimum Gasteiger partial charge on any atom is -0.398 e. The second-order valence-electron chi connectivity index (χ2n) is 3.82. The van der Waals surface area contributed by atoms with Crippen LogP contribution in [-0.2, 0) is 13.1 Å². The number of rotatable bonds is 4. The molecule has 0 spiro atoms. The van der Waals surface area contributed by atoms with Crippen molar-refractivity contribution in [3.63, 3.8) is 0 Å². The van der Waals surface area contributed by atoms with Crippen LogP contribution in [0.2, 0.25) is 0 Å². The third kappa shape index (κ3) is 3.28. The van der Waals surface area contributed by atoms with Crippen LogP contribution in [0.3, 0.4) is 0 Å². The van der Waals surface area contributed by atoms with Gasteiger partial charge in [-0.3, -0.25) is 0 Å². The van der Waals surface area contributed by atoms with E-state index < -0.39 is 0 Å². The summed E-state index contributed by atoms with van der Waals surface area (Å²) < 4.78 is 0.944. The SMILES string of the molecule is Cc1ncsc1CNCc1ccc(Br)c(N)c1. The summed E-state index contributed by atoms with van der Waals surface area (Å²) >= 11 is 5.07. The molecule has 0 fully saturated rings. The van der Waals surface area contributed by atoms with Crippen LogP contribution in [0.15, 0.2) is 28.2 Å². The number of hydrogen-bond donors (Lipinski definition) is 2. The molecule has 0 unspecified atom stereocenters. The fourth-order valence-electron chi connectivity index (χ4n) is 1.52. The topological polar surface area (TPSA) is 50.9 Å². The van der Waals surface area contributed by atoms with Gasteiger partial charge in [-0.05, 0) is 40.5 Å². The summed E-state index contributed by atoms with van der Waals surface area (Å²) in [6, 6.07) is 6.02. The van der Waals surface area contributed by atoms with Gasteiger partial charge in [0, 0.05) is 28.1 Å². The Bertz CT molecular complexity index is 510. The molecule has 5 heteroatoms. The maximum Gasteiger partial charge on any atom is 0.0798 e. The second kappa shape index (κ2) is 5.62. The van der Waals surface area contributed by atoms with Crippen molar-refractivity contribution < 1.29 is 0 Å². The molecule has 0 bridgehead atoms. The number of nitrogens with one attached hydrogen (secondary N) is 1. The molecule has 0 aliphatic carbocycles.